The predicted molar refractivity (Wildman–Crippen MR) is 95.6 cm³/mol. The minimum atomic E-state index is 0.702. The molecule has 1 N–H and O–H groups in total. The molecule has 5 rings (SSSR count). The van der Waals surface area contributed by atoms with Crippen LogP contribution >= 0.6 is 0 Å². The number of hydrogen-bond donors (Lipinski definition) is 1. The fraction of sp³-hybridized carbons (Fsp3) is 0.235. The van der Waals surface area contributed by atoms with Crippen LogP contribution in [0.1, 0.15) is 0 Å². The number of piperazine rings is 1. The molecule has 4 heterocycles. The Balaban J connectivity index is 1.37. The van der Waals surface area contributed by atoms with Crippen LogP contribution in [0, 0.1) is 0 Å². The minimum absolute atomic E-state index is 0.702. The zero-order valence-electron chi connectivity index (χ0n) is 13.5. The van der Waals surface area contributed by atoms with Crippen LogP contribution in [0.4, 0.5) is 11.6 Å². The Morgan fingerprint density at radius 1 is 0.840 bits per heavy atom. The summed E-state index contributed by atoms with van der Waals surface area (Å²) >= 11 is 0. The van der Waals surface area contributed by atoms with Gasteiger partial charge >= 0.3 is 0 Å². The first-order chi connectivity index (χ1) is 12.4. The quantitative estimate of drug-likeness (QED) is 0.597. The van der Waals surface area contributed by atoms with E-state index < -0.39 is 0 Å². The smallest absolute Gasteiger partial charge is 0.182 e. The average molecular weight is 332 g/mol. The SMILES string of the molecule is c1ccc2nc(N3CCN(c4ncnc5nc[nH]c45)CC3)cnc2c1. The summed E-state index contributed by atoms with van der Waals surface area (Å²) in [5, 5.41) is 0. The van der Waals surface area contributed by atoms with Gasteiger partial charge in [-0.1, -0.05) is 12.1 Å². The van der Waals surface area contributed by atoms with Crippen LogP contribution in [0.25, 0.3) is 22.2 Å². The van der Waals surface area contributed by atoms with Crippen LogP contribution < -0.4 is 9.80 Å². The van der Waals surface area contributed by atoms with Gasteiger partial charge in [-0.2, -0.15) is 0 Å². The highest BCUT2D eigenvalue weighted by molar-refractivity contribution is 5.82. The summed E-state index contributed by atoms with van der Waals surface area (Å²) in [5.74, 6) is 1.83. The zero-order chi connectivity index (χ0) is 16.6. The van der Waals surface area contributed by atoms with Gasteiger partial charge < -0.3 is 14.8 Å². The van der Waals surface area contributed by atoms with Crippen LogP contribution in [0.3, 0.4) is 0 Å². The Kier molecular flexibility index (Phi) is 3.19. The average Bonchev–Trinajstić information content (AvgIpc) is 3.17. The van der Waals surface area contributed by atoms with Gasteiger partial charge in [-0.05, 0) is 12.1 Å². The molecule has 0 unspecified atom stereocenters. The predicted octanol–water partition coefficient (Wildman–Crippen LogP) is 1.62. The topological polar surface area (TPSA) is 86.7 Å². The van der Waals surface area contributed by atoms with Crippen molar-refractivity contribution >= 4 is 33.8 Å². The van der Waals surface area contributed by atoms with Crippen molar-refractivity contribution in [3.05, 3.63) is 43.1 Å². The molecule has 0 radical (unpaired) electrons. The molecule has 1 aromatic carbocycles. The molecular weight excluding hydrogens is 316 g/mol. The molecule has 0 saturated carbocycles. The standard InChI is InChI=1S/C17H16N8/c1-2-4-13-12(3-1)18-9-14(23-13)24-5-7-25(8-6-24)17-15-16(20-10-19-15)21-11-22-17/h1-4,9-11H,5-8H2,(H,19,20,21,22). The highest BCUT2D eigenvalue weighted by Gasteiger charge is 2.21. The third-order valence-corrected chi connectivity index (χ3v) is 4.54. The van der Waals surface area contributed by atoms with Crippen molar-refractivity contribution in [2.45, 2.75) is 0 Å². The third-order valence-electron chi connectivity index (χ3n) is 4.54. The number of aromatic nitrogens is 6. The molecule has 124 valence electrons. The molecule has 1 aliphatic rings. The molecule has 8 nitrogen and oxygen atoms in total. The van der Waals surface area contributed by atoms with Gasteiger partial charge in [-0.15, -0.1) is 0 Å². The van der Waals surface area contributed by atoms with Gasteiger partial charge in [-0.25, -0.2) is 19.9 Å². The third kappa shape index (κ3) is 2.42. The molecule has 0 bridgehead atoms. The maximum atomic E-state index is 4.74. The van der Waals surface area contributed by atoms with E-state index in [0.29, 0.717) is 5.65 Å². The van der Waals surface area contributed by atoms with E-state index in [2.05, 4.69) is 34.7 Å². The van der Waals surface area contributed by atoms with Gasteiger partial charge in [0.25, 0.3) is 0 Å². The molecule has 0 spiro atoms. The summed E-state index contributed by atoms with van der Waals surface area (Å²) in [6, 6.07) is 7.95. The first kappa shape index (κ1) is 14.1. The van der Waals surface area contributed by atoms with Gasteiger partial charge in [0.2, 0.25) is 0 Å². The Morgan fingerprint density at radius 2 is 1.64 bits per heavy atom. The van der Waals surface area contributed by atoms with E-state index in [-0.39, 0.29) is 0 Å². The molecule has 1 aliphatic heterocycles. The fourth-order valence-electron chi connectivity index (χ4n) is 3.24. The second kappa shape index (κ2) is 5.66. The lowest BCUT2D eigenvalue weighted by Gasteiger charge is -2.35. The molecule has 4 aromatic rings. The molecule has 3 aromatic heterocycles. The largest absolute Gasteiger partial charge is 0.352 e. The zero-order valence-corrected chi connectivity index (χ0v) is 13.5. The van der Waals surface area contributed by atoms with Crippen LogP contribution in [-0.4, -0.2) is 56.1 Å². The van der Waals surface area contributed by atoms with Crippen molar-refractivity contribution in [2.75, 3.05) is 36.0 Å². The molecule has 0 aliphatic carbocycles. The van der Waals surface area contributed by atoms with Crippen molar-refractivity contribution in [3.8, 4) is 0 Å². The number of rotatable bonds is 2. The Hall–Kier alpha value is -3.29. The van der Waals surface area contributed by atoms with Gasteiger partial charge in [0.05, 0.1) is 23.6 Å². The second-order valence-corrected chi connectivity index (χ2v) is 5.99. The number of nitrogens with zero attached hydrogens (tertiary/aromatic N) is 7. The maximum Gasteiger partial charge on any atom is 0.182 e. The van der Waals surface area contributed by atoms with E-state index in [1.54, 1.807) is 12.7 Å². The molecule has 1 saturated heterocycles. The molecule has 0 atom stereocenters. The van der Waals surface area contributed by atoms with E-state index in [9.17, 15) is 0 Å². The molecule has 8 heteroatoms. The Bertz CT molecular complexity index is 1030. The normalized spacial score (nSPS) is 15.2. The number of fused-ring (bicyclic) bond motifs is 2. The number of aromatic amines is 1. The number of benzene rings is 1. The van der Waals surface area contributed by atoms with Gasteiger partial charge in [0, 0.05) is 26.2 Å². The molecule has 1 fully saturated rings. The van der Waals surface area contributed by atoms with Gasteiger partial charge in [-0.3, -0.25) is 4.98 Å². The Labute approximate surface area is 143 Å². The van der Waals surface area contributed by atoms with Gasteiger partial charge in [0.1, 0.15) is 17.7 Å². The summed E-state index contributed by atoms with van der Waals surface area (Å²) in [6.45, 7) is 3.46. The summed E-state index contributed by atoms with van der Waals surface area (Å²) in [7, 11) is 0. The number of imidazole rings is 1. The number of nitrogens with one attached hydrogen (secondary N) is 1. The van der Waals surface area contributed by atoms with E-state index in [0.717, 1.165) is 54.4 Å². The van der Waals surface area contributed by atoms with Crippen LogP contribution in [0.5, 0.6) is 0 Å². The monoisotopic (exact) mass is 332 g/mol. The first-order valence-corrected chi connectivity index (χ1v) is 8.24. The molecular formula is C17H16N8. The lowest BCUT2D eigenvalue weighted by atomic mass is 10.3. The van der Waals surface area contributed by atoms with Crippen LogP contribution in [0.15, 0.2) is 43.1 Å². The fourth-order valence-corrected chi connectivity index (χ4v) is 3.24. The van der Waals surface area contributed by atoms with Crippen molar-refractivity contribution in [3.63, 3.8) is 0 Å². The summed E-state index contributed by atoms with van der Waals surface area (Å²) in [5.41, 5.74) is 3.44. The lowest BCUT2D eigenvalue weighted by molar-refractivity contribution is 0.642. The van der Waals surface area contributed by atoms with Crippen molar-refractivity contribution in [1.29, 1.82) is 0 Å². The highest BCUT2D eigenvalue weighted by atomic mass is 15.3. The number of para-hydroxylation sites is 2. The van der Waals surface area contributed by atoms with Crippen molar-refractivity contribution < 1.29 is 0 Å². The molecule has 0 amide bonds. The maximum absolute atomic E-state index is 4.74. The van der Waals surface area contributed by atoms with Gasteiger partial charge in [0.15, 0.2) is 11.5 Å². The Morgan fingerprint density at radius 3 is 2.52 bits per heavy atom. The first-order valence-electron chi connectivity index (χ1n) is 8.24. The van der Waals surface area contributed by atoms with E-state index in [1.807, 2.05) is 30.5 Å². The van der Waals surface area contributed by atoms with E-state index in [1.165, 1.54) is 0 Å². The highest BCUT2D eigenvalue weighted by Crippen LogP contribution is 2.23. The lowest BCUT2D eigenvalue weighted by Crippen LogP contribution is -2.47. The van der Waals surface area contributed by atoms with Crippen LogP contribution in [-0.2, 0) is 0 Å². The number of H-pyrrole nitrogens is 1. The second-order valence-electron chi connectivity index (χ2n) is 5.99. The van der Waals surface area contributed by atoms with E-state index in [4.69, 9.17) is 4.98 Å². The summed E-state index contributed by atoms with van der Waals surface area (Å²) in [4.78, 5) is 29.7. The number of anilines is 2. The van der Waals surface area contributed by atoms with Crippen molar-refractivity contribution in [1.82, 2.24) is 29.9 Å². The number of hydrogen-bond acceptors (Lipinski definition) is 7. The van der Waals surface area contributed by atoms with Crippen LogP contribution in [0.2, 0.25) is 0 Å². The van der Waals surface area contributed by atoms with Crippen molar-refractivity contribution in [2.24, 2.45) is 0 Å². The minimum Gasteiger partial charge on any atom is -0.352 e. The summed E-state index contributed by atoms with van der Waals surface area (Å²) < 4.78 is 0. The molecule has 25 heavy (non-hydrogen) atoms. The summed E-state index contributed by atoms with van der Waals surface area (Å²) in [6.07, 6.45) is 5.08. The van der Waals surface area contributed by atoms with E-state index >= 15 is 0 Å².